The Morgan fingerprint density at radius 3 is 2.57 bits per heavy atom. The average Bonchev–Trinajstić information content (AvgIpc) is 3.07. The van der Waals surface area contributed by atoms with Crippen LogP contribution < -0.4 is 10.6 Å². The Bertz CT molecular complexity index is 434. The van der Waals surface area contributed by atoms with Gasteiger partial charge in [-0.15, -0.1) is 0 Å². The predicted molar refractivity (Wildman–Crippen MR) is 97.9 cm³/mol. The Morgan fingerprint density at radius 1 is 1.13 bits per heavy atom. The Balaban J connectivity index is 1.70. The number of hydrogen-bond acceptors (Lipinski definition) is 2. The van der Waals surface area contributed by atoms with Gasteiger partial charge < -0.3 is 20.1 Å². The molecule has 1 saturated heterocycles. The molecule has 23 heavy (non-hydrogen) atoms. The molecule has 2 N–H and O–H groups in total. The van der Waals surface area contributed by atoms with Crippen molar-refractivity contribution in [2.45, 2.75) is 39.7 Å². The molecule has 1 unspecified atom stereocenters. The molecule has 2 rings (SSSR count). The average molecular weight is 319 g/mol. The zero-order valence-electron chi connectivity index (χ0n) is 14.8. The molecule has 0 amide bonds. The number of aromatic nitrogens is 1. The summed E-state index contributed by atoms with van der Waals surface area (Å²) in [5.74, 6) is 1.54. The molecule has 0 aliphatic carbocycles. The van der Waals surface area contributed by atoms with Crippen LogP contribution in [0.15, 0.2) is 29.5 Å². The van der Waals surface area contributed by atoms with E-state index in [-0.39, 0.29) is 0 Å². The van der Waals surface area contributed by atoms with Gasteiger partial charge in [0.2, 0.25) is 0 Å². The molecule has 1 fully saturated rings. The number of aliphatic imine (C=N–C) groups is 1. The van der Waals surface area contributed by atoms with E-state index in [1.54, 1.807) is 0 Å². The summed E-state index contributed by atoms with van der Waals surface area (Å²) in [5.41, 5.74) is 0. The lowest BCUT2D eigenvalue weighted by molar-refractivity contribution is 0.203. The molecule has 5 nitrogen and oxygen atoms in total. The lowest BCUT2D eigenvalue weighted by Crippen LogP contribution is -2.39. The quantitative estimate of drug-likeness (QED) is 0.570. The second-order valence-corrected chi connectivity index (χ2v) is 6.53. The van der Waals surface area contributed by atoms with E-state index < -0.39 is 0 Å². The molecule has 1 aromatic heterocycles. The largest absolute Gasteiger partial charge is 0.357 e. The fraction of sp³-hybridized carbons (Fsp3) is 0.722. The van der Waals surface area contributed by atoms with Gasteiger partial charge in [0.1, 0.15) is 0 Å². The van der Waals surface area contributed by atoms with Crippen molar-refractivity contribution >= 4 is 5.96 Å². The van der Waals surface area contributed by atoms with E-state index in [9.17, 15) is 0 Å². The summed E-state index contributed by atoms with van der Waals surface area (Å²) >= 11 is 0. The molecule has 1 atom stereocenters. The summed E-state index contributed by atoms with van der Waals surface area (Å²) in [5, 5.41) is 6.76. The van der Waals surface area contributed by atoms with Crippen LogP contribution in [0.2, 0.25) is 0 Å². The van der Waals surface area contributed by atoms with Crippen molar-refractivity contribution in [2.75, 3.05) is 39.3 Å². The number of guanidine groups is 1. The second-order valence-electron chi connectivity index (χ2n) is 6.53. The zero-order valence-corrected chi connectivity index (χ0v) is 14.8. The minimum absolute atomic E-state index is 0.605. The van der Waals surface area contributed by atoms with E-state index in [0.29, 0.717) is 5.92 Å². The first kappa shape index (κ1) is 17.9. The first-order valence-corrected chi connectivity index (χ1v) is 9.13. The monoisotopic (exact) mass is 319 g/mol. The highest BCUT2D eigenvalue weighted by Gasteiger charge is 2.13. The Labute approximate surface area is 141 Å². The lowest BCUT2D eigenvalue weighted by atomic mass is 10.1. The van der Waals surface area contributed by atoms with Crippen LogP contribution in [0.5, 0.6) is 0 Å². The molecule has 130 valence electrons. The maximum absolute atomic E-state index is 4.76. The molecule has 0 spiro atoms. The van der Waals surface area contributed by atoms with Gasteiger partial charge in [-0.1, -0.05) is 13.3 Å². The summed E-state index contributed by atoms with van der Waals surface area (Å²) in [6, 6.07) is 4.11. The van der Waals surface area contributed by atoms with Gasteiger partial charge in [0, 0.05) is 45.1 Å². The molecule has 1 aliphatic heterocycles. The second kappa shape index (κ2) is 10.3. The van der Waals surface area contributed by atoms with E-state index in [0.717, 1.165) is 32.1 Å². The molecule has 0 aromatic carbocycles. The van der Waals surface area contributed by atoms with Crippen molar-refractivity contribution in [3.63, 3.8) is 0 Å². The standard InChI is InChI=1S/C18H33N5/c1-3-19-18(20-9-14-22-10-7-8-11-22)21-15-17(2)16-23-12-5-4-6-13-23/h7-8,10-11,17H,3-6,9,12-16H2,1-2H3,(H2,19,20,21). The molecule has 5 heteroatoms. The Hall–Kier alpha value is -1.49. The van der Waals surface area contributed by atoms with Crippen LogP contribution >= 0.6 is 0 Å². The van der Waals surface area contributed by atoms with Crippen LogP contribution in [0.25, 0.3) is 0 Å². The lowest BCUT2D eigenvalue weighted by Gasteiger charge is -2.28. The third-order valence-corrected chi connectivity index (χ3v) is 4.25. The fourth-order valence-corrected chi connectivity index (χ4v) is 3.05. The summed E-state index contributed by atoms with van der Waals surface area (Å²) in [4.78, 5) is 7.35. The number of likely N-dealkylation sites (tertiary alicyclic amines) is 1. The molecular weight excluding hydrogens is 286 g/mol. The molecule has 0 radical (unpaired) electrons. The minimum atomic E-state index is 0.605. The highest BCUT2D eigenvalue weighted by atomic mass is 15.2. The van der Waals surface area contributed by atoms with E-state index >= 15 is 0 Å². The first-order chi connectivity index (χ1) is 11.3. The van der Waals surface area contributed by atoms with Gasteiger partial charge in [-0.25, -0.2) is 0 Å². The van der Waals surface area contributed by atoms with Gasteiger partial charge in [0.05, 0.1) is 0 Å². The fourth-order valence-electron chi connectivity index (χ4n) is 3.05. The van der Waals surface area contributed by atoms with Gasteiger partial charge in [-0.2, -0.15) is 0 Å². The van der Waals surface area contributed by atoms with Crippen LogP contribution in [-0.2, 0) is 6.54 Å². The summed E-state index contributed by atoms with van der Waals surface area (Å²) in [6.45, 7) is 11.8. The van der Waals surface area contributed by atoms with Crippen molar-refractivity contribution in [3.8, 4) is 0 Å². The van der Waals surface area contributed by atoms with Crippen molar-refractivity contribution in [3.05, 3.63) is 24.5 Å². The molecule has 1 aliphatic rings. The molecule has 2 heterocycles. The van der Waals surface area contributed by atoms with Crippen LogP contribution in [0.3, 0.4) is 0 Å². The van der Waals surface area contributed by atoms with Crippen molar-refractivity contribution in [2.24, 2.45) is 10.9 Å². The Morgan fingerprint density at radius 2 is 1.87 bits per heavy atom. The maximum Gasteiger partial charge on any atom is 0.191 e. The number of hydrogen-bond donors (Lipinski definition) is 2. The van der Waals surface area contributed by atoms with Gasteiger partial charge in [-0.05, 0) is 50.9 Å². The number of nitrogens with one attached hydrogen (secondary N) is 2. The SMILES string of the molecule is CCNC(=NCC(C)CN1CCCCC1)NCCn1cccc1. The smallest absolute Gasteiger partial charge is 0.191 e. The van der Waals surface area contributed by atoms with E-state index in [1.807, 2.05) is 0 Å². The molecule has 0 saturated carbocycles. The highest BCUT2D eigenvalue weighted by molar-refractivity contribution is 5.79. The first-order valence-electron chi connectivity index (χ1n) is 9.13. The molecule has 0 bridgehead atoms. The minimum Gasteiger partial charge on any atom is -0.357 e. The normalized spacial score (nSPS) is 17.9. The predicted octanol–water partition coefficient (Wildman–Crippen LogP) is 2.17. The maximum atomic E-state index is 4.76. The Kier molecular flexibility index (Phi) is 8.01. The summed E-state index contributed by atoms with van der Waals surface area (Å²) in [7, 11) is 0. The van der Waals surface area contributed by atoms with Gasteiger partial charge in [0.15, 0.2) is 5.96 Å². The van der Waals surface area contributed by atoms with Gasteiger partial charge in [0.25, 0.3) is 0 Å². The van der Waals surface area contributed by atoms with E-state index in [4.69, 9.17) is 4.99 Å². The van der Waals surface area contributed by atoms with Gasteiger partial charge >= 0.3 is 0 Å². The summed E-state index contributed by atoms with van der Waals surface area (Å²) in [6.07, 6.45) is 8.30. The zero-order chi connectivity index (χ0) is 16.3. The van der Waals surface area contributed by atoms with Crippen LogP contribution in [-0.4, -0.2) is 54.7 Å². The number of rotatable bonds is 8. The van der Waals surface area contributed by atoms with E-state index in [1.165, 1.54) is 38.9 Å². The highest BCUT2D eigenvalue weighted by Crippen LogP contribution is 2.11. The van der Waals surface area contributed by atoms with Crippen molar-refractivity contribution in [1.82, 2.24) is 20.1 Å². The topological polar surface area (TPSA) is 44.6 Å². The van der Waals surface area contributed by atoms with Crippen LogP contribution in [0.1, 0.15) is 33.1 Å². The third kappa shape index (κ3) is 7.08. The van der Waals surface area contributed by atoms with Crippen LogP contribution in [0, 0.1) is 5.92 Å². The number of piperidine rings is 1. The molecular formula is C18H33N5. The van der Waals surface area contributed by atoms with Crippen molar-refractivity contribution in [1.29, 1.82) is 0 Å². The molecule has 1 aromatic rings. The summed E-state index contributed by atoms with van der Waals surface area (Å²) < 4.78 is 2.18. The van der Waals surface area contributed by atoms with Crippen molar-refractivity contribution < 1.29 is 0 Å². The number of nitrogens with zero attached hydrogens (tertiary/aromatic N) is 3. The van der Waals surface area contributed by atoms with E-state index in [2.05, 4.69) is 58.5 Å². The third-order valence-electron chi connectivity index (χ3n) is 4.25. The van der Waals surface area contributed by atoms with Gasteiger partial charge in [-0.3, -0.25) is 4.99 Å². The van der Waals surface area contributed by atoms with Crippen LogP contribution in [0.4, 0.5) is 0 Å².